The van der Waals surface area contributed by atoms with Crippen LogP contribution in [0.3, 0.4) is 0 Å². The van der Waals surface area contributed by atoms with E-state index in [-0.39, 0.29) is 5.25 Å². The second-order valence-electron chi connectivity index (χ2n) is 4.53. The van der Waals surface area contributed by atoms with E-state index < -0.39 is 11.5 Å². The van der Waals surface area contributed by atoms with Gasteiger partial charge < -0.3 is 15.6 Å². The number of hydrogen-bond acceptors (Lipinski definition) is 4. The highest BCUT2D eigenvalue weighted by Gasteiger charge is 2.30. The molecule has 0 fully saturated rings. The fraction of sp³-hybridized carbons (Fsp3) is 0.462. The third-order valence-corrected chi connectivity index (χ3v) is 3.67. The van der Waals surface area contributed by atoms with E-state index in [2.05, 4.69) is 0 Å². The van der Waals surface area contributed by atoms with Gasteiger partial charge in [0.1, 0.15) is 11.3 Å². The summed E-state index contributed by atoms with van der Waals surface area (Å²) in [6.45, 7) is 3.51. The molecule has 2 atom stereocenters. The smallest absolute Gasteiger partial charge is 0.323 e. The molecule has 4 nitrogen and oxygen atoms in total. The van der Waals surface area contributed by atoms with Gasteiger partial charge in [0.15, 0.2) is 0 Å². The number of carboxylic acid groups (broad SMARTS) is 1. The summed E-state index contributed by atoms with van der Waals surface area (Å²) < 4.78 is 5.14. The Hall–Kier alpha value is -1.20. The minimum absolute atomic E-state index is 0.114. The quantitative estimate of drug-likeness (QED) is 0.776. The van der Waals surface area contributed by atoms with Crippen LogP contribution in [-0.4, -0.2) is 29.0 Å². The van der Waals surface area contributed by atoms with Crippen LogP contribution < -0.4 is 10.5 Å². The van der Waals surface area contributed by atoms with E-state index in [1.165, 1.54) is 6.92 Å². The van der Waals surface area contributed by atoms with Crippen LogP contribution >= 0.6 is 11.8 Å². The number of carboxylic acids is 1. The van der Waals surface area contributed by atoms with E-state index in [1.807, 2.05) is 31.2 Å². The normalized spacial score (nSPS) is 15.8. The average Bonchev–Trinajstić information content (AvgIpc) is 2.28. The van der Waals surface area contributed by atoms with Crippen molar-refractivity contribution < 1.29 is 14.6 Å². The molecule has 2 unspecified atom stereocenters. The summed E-state index contributed by atoms with van der Waals surface area (Å²) in [4.78, 5) is 12.0. The van der Waals surface area contributed by atoms with E-state index in [4.69, 9.17) is 15.6 Å². The summed E-state index contributed by atoms with van der Waals surface area (Å²) in [5, 5.41) is 9.10. The first-order valence-corrected chi connectivity index (χ1v) is 6.56. The Kier molecular flexibility index (Phi) is 5.04. The van der Waals surface area contributed by atoms with Gasteiger partial charge in [-0.15, -0.1) is 11.8 Å². The zero-order valence-corrected chi connectivity index (χ0v) is 11.7. The van der Waals surface area contributed by atoms with Crippen molar-refractivity contribution in [3.8, 4) is 5.75 Å². The number of aliphatic carboxylic acids is 1. The first-order valence-electron chi connectivity index (χ1n) is 5.68. The minimum atomic E-state index is -1.19. The molecule has 0 aliphatic heterocycles. The summed E-state index contributed by atoms with van der Waals surface area (Å²) in [6.07, 6.45) is 0.407. The molecule has 0 aliphatic carbocycles. The van der Waals surface area contributed by atoms with Gasteiger partial charge in [0.2, 0.25) is 0 Å². The Morgan fingerprint density at radius 1 is 1.61 bits per heavy atom. The molecule has 0 heterocycles. The molecule has 1 aromatic rings. The van der Waals surface area contributed by atoms with Crippen molar-refractivity contribution in [3.63, 3.8) is 0 Å². The Balaban J connectivity index is 2.64. The maximum absolute atomic E-state index is 11.0. The number of benzene rings is 1. The van der Waals surface area contributed by atoms with E-state index in [9.17, 15) is 4.79 Å². The molecule has 0 bridgehead atoms. The number of methoxy groups -OCH3 is 1. The summed E-state index contributed by atoms with van der Waals surface area (Å²) in [5.41, 5.74) is 4.54. The predicted octanol–water partition coefficient (Wildman–Crippen LogP) is 2.37. The van der Waals surface area contributed by atoms with Crippen molar-refractivity contribution in [1.29, 1.82) is 0 Å². The zero-order chi connectivity index (χ0) is 13.8. The third-order valence-electron chi connectivity index (χ3n) is 2.58. The first-order chi connectivity index (χ1) is 8.35. The van der Waals surface area contributed by atoms with Crippen molar-refractivity contribution in [2.75, 3.05) is 7.11 Å². The molecule has 1 aromatic carbocycles. The molecule has 0 aliphatic rings. The minimum Gasteiger partial charge on any atom is -0.497 e. The number of nitrogens with two attached hydrogens (primary N) is 1. The van der Waals surface area contributed by atoms with E-state index >= 15 is 0 Å². The largest absolute Gasteiger partial charge is 0.497 e. The van der Waals surface area contributed by atoms with Crippen molar-refractivity contribution in [2.24, 2.45) is 5.73 Å². The second kappa shape index (κ2) is 6.11. The van der Waals surface area contributed by atoms with Gasteiger partial charge in [-0.2, -0.15) is 0 Å². The number of thioether (sulfide) groups is 1. The van der Waals surface area contributed by atoms with Crippen LogP contribution in [0, 0.1) is 0 Å². The molecule has 3 N–H and O–H groups in total. The Morgan fingerprint density at radius 3 is 2.83 bits per heavy atom. The molecule has 0 amide bonds. The number of ether oxygens (including phenoxy) is 1. The van der Waals surface area contributed by atoms with Crippen molar-refractivity contribution in [1.82, 2.24) is 0 Å². The fourth-order valence-corrected chi connectivity index (χ4v) is 2.87. The van der Waals surface area contributed by atoms with Gasteiger partial charge in [-0.25, -0.2) is 0 Å². The summed E-state index contributed by atoms with van der Waals surface area (Å²) in [7, 11) is 1.62. The van der Waals surface area contributed by atoms with E-state index in [0.717, 1.165) is 10.6 Å². The second-order valence-corrected chi connectivity index (χ2v) is 6.05. The van der Waals surface area contributed by atoms with Gasteiger partial charge in [0.05, 0.1) is 7.11 Å². The average molecular weight is 269 g/mol. The fourth-order valence-electron chi connectivity index (χ4n) is 1.63. The zero-order valence-electron chi connectivity index (χ0n) is 10.8. The lowest BCUT2D eigenvalue weighted by atomic mass is 9.98. The monoisotopic (exact) mass is 269 g/mol. The molecule has 0 saturated heterocycles. The maximum atomic E-state index is 11.0. The lowest BCUT2D eigenvalue weighted by Crippen LogP contribution is -2.46. The van der Waals surface area contributed by atoms with Crippen LogP contribution in [0.25, 0.3) is 0 Å². The maximum Gasteiger partial charge on any atom is 0.323 e. The molecule has 0 aromatic heterocycles. The topological polar surface area (TPSA) is 72.5 Å². The molecule has 100 valence electrons. The van der Waals surface area contributed by atoms with Crippen LogP contribution in [0.5, 0.6) is 5.75 Å². The van der Waals surface area contributed by atoms with Crippen molar-refractivity contribution in [3.05, 3.63) is 24.3 Å². The lowest BCUT2D eigenvalue weighted by Gasteiger charge is -2.23. The van der Waals surface area contributed by atoms with Gasteiger partial charge in [-0.05, 0) is 31.5 Å². The molecule has 5 heteroatoms. The van der Waals surface area contributed by atoms with Gasteiger partial charge in [-0.3, -0.25) is 4.79 Å². The summed E-state index contributed by atoms with van der Waals surface area (Å²) in [5.74, 6) is -0.179. The van der Waals surface area contributed by atoms with E-state index in [0.29, 0.717) is 6.42 Å². The Morgan fingerprint density at radius 2 is 2.28 bits per heavy atom. The predicted molar refractivity (Wildman–Crippen MR) is 73.2 cm³/mol. The standard InChI is InChI=1S/C13H19NO3S/c1-9(8-13(2,14)12(15)16)18-11-6-4-5-10(7-11)17-3/h4-7,9H,8,14H2,1-3H3,(H,15,16). The van der Waals surface area contributed by atoms with Crippen LogP contribution in [0.4, 0.5) is 0 Å². The van der Waals surface area contributed by atoms with Crippen LogP contribution in [-0.2, 0) is 4.79 Å². The number of hydrogen-bond donors (Lipinski definition) is 2. The van der Waals surface area contributed by atoms with Crippen LogP contribution in [0.15, 0.2) is 29.2 Å². The van der Waals surface area contributed by atoms with Crippen LogP contribution in [0.1, 0.15) is 20.3 Å². The lowest BCUT2D eigenvalue weighted by molar-refractivity contribution is -0.142. The third kappa shape index (κ3) is 4.23. The van der Waals surface area contributed by atoms with Crippen molar-refractivity contribution in [2.45, 2.75) is 36.0 Å². The summed E-state index contributed by atoms with van der Waals surface area (Å²) in [6, 6.07) is 7.68. The van der Waals surface area contributed by atoms with Gasteiger partial charge in [0.25, 0.3) is 0 Å². The molecule has 0 saturated carbocycles. The van der Waals surface area contributed by atoms with Crippen molar-refractivity contribution >= 4 is 17.7 Å². The molecule has 0 spiro atoms. The van der Waals surface area contributed by atoms with Gasteiger partial charge in [-0.1, -0.05) is 13.0 Å². The Labute approximate surface area is 112 Å². The number of rotatable bonds is 6. The Bertz CT molecular complexity index is 420. The van der Waals surface area contributed by atoms with Crippen LogP contribution in [0.2, 0.25) is 0 Å². The molecule has 1 rings (SSSR count). The highest BCUT2D eigenvalue weighted by atomic mass is 32.2. The van der Waals surface area contributed by atoms with Gasteiger partial charge >= 0.3 is 5.97 Å². The highest BCUT2D eigenvalue weighted by Crippen LogP contribution is 2.30. The molecular weight excluding hydrogens is 250 g/mol. The van der Waals surface area contributed by atoms with E-state index in [1.54, 1.807) is 18.9 Å². The molecule has 18 heavy (non-hydrogen) atoms. The number of carbonyl (C=O) groups is 1. The van der Waals surface area contributed by atoms with Gasteiger partial charge in [0, 0.05) is 10.1 Å². The SMILES string of the molecule is COc1cccc(SC(C)CC(C)(N)C(=O)O)c1. The molecule has 0 radical (unpaired) electrons. The summed E-state index contributed by atoms with van der Waals surface area (Å²) >= 11 is 1.59. The first kappa shape index (κ1) is 14.9. The molecular formula is C13H19NO3S. The highest BCUT2D eigenvalue weighted by molar-refractivity contribution is 8.00.